The zero-order valence-corrected chi connectivity index (χ0v) is 12.2. The molecule has 3 unspecified atom stereocenters. The van der Waals surface area contributed by atoms with Crippen molar-refractivity contribution in [3.05, 3.63) is 0 Å². The van der Waals surface area contributed by atoms with Crippen LogP contribution in [0.3, 0.4) is 0 Å². The second kappa shape index (κ2) is 6.36. The monoisotopic (exact) mass is 254 g/mol. The first-order valence-electron chi connectivity index (χ1n) is 7.79. The Bertz CT molecular complexity index is 259. The molecule has 0 radical (unpaired) electrons. The van der Waals surface area contributed by atoms with Crippen molar-refractivity contribution in [1.29, 1.82) is 0 Å². The van der Waals surface area contributed by atoms with E-state index in [1.165, 1.54) is 38.6 Å². The van der Waals surface area contributed by atoms with Crippen molar-refractivity contribution in [3.63, 3.8) is 0 Å². The number of likely N-dealkylation sites (tertiary alicyclic amines) is 1. The summed E-state index contributed by atoms with van der Waals surface area (Å²) in [6, 6.07) is 0. The highest BCUT2D eigenvalue weighted by atomic mass is 16.5. The molecule has 2 aliphatic rings. The number of hydrogen-bond acceptors (Lipinski definition) is 3. The second-order valence-corrected chi connectivity index (χ2v) is 6.18. The van der Waals surface area contributed by atoms with Gasteiger partial charge in [0, 0.05) is 25.2 Å². The Balaban J connectivity index is 1.98. The van der Waals surface area contributed by atoms with Gasteiger partial charge in [-0.25, -0.2) is 0 Å². The Kier molecular flexibility index (Phi) is 5.05. The summed E-state index contributed by atoms with van der Waals surface area (Å²) in [5.74, 6) is 0.743. The lowest BCUT2D eigenvalue weighted by atomic mass is 9.84. The number of rotatable bonds is 5. The number of nitrogens with two attached hydrogens (primary N) is 1. The number of ether oxygens (including phenoxy) is 1. The minimum absolute atomic E-state index is 0.272. The Morgan fingerprint density at radius 2 is 2.17 bits per heavy atom. The third-order valence-corrected chi connectivity index (χ3v) is 5.08. The molecule has 0 spiro atoms. The maximum absolute atomic E-state index is 6.15. The third kappa shape index (κ3) is 2.73. The molecule has 2 rings (SSSR count). The molecule has 1 aliphatic heterocycles. The minimum atomic E-state index is 0.272. The fraction of sp³-hybridized carbons (Fsp3) is 1.00. The fourth-order valence-corrected chi connectivity index (χ4v) is 3.89. The van der Waals surface area contributed by atoms with E-state index in [0.717, 1.165) is 32.0 Å². The largest absolute Gasteiger partial charge is 0.377 e. The Hall–Kier alpha value is -0.120. The van der Waals surface area contributed by atoms with Crippen LogP contribution in [0.2, 0.25) is 0 Å². The fourth-order valence-electron chi connectivity index (χ4n) is 3.89. The number of nitrogens with zero attached hydrogens (tertiary/aromatic N) is 1. The molecule has 18 heavy (non-hydrogen) atoms. The highest BCUT2D eigenvalue weighted by molar-refractivity contribution is 5.01. The van der Waals surface area contributed by atoms with E-state index >= 15 is 0 Å². The number of piperidine rings is 1. The van der Waals surface area contributed by atoms with E-state index in [-0.39, 0.29) is 5.54 Å². The predicted octanol–water partition coefficient (Wildman–Crippen LogP) is 2.39. The van der Waals surface area contributed by atoms with Crippen LogP contribution in [0.25, 0.3) is 0 Å². The van der Waals surface area contributed by atoms with Gasteiger partial charge in [-0.15, -0.1) is 0 Å². The highest BCUT2D eigenvalue weighted by Gasteiger charge is 2.45. The summed E-state index contributed by atoms with van der Waals surface area (Å²) in [6.45, 7) is 8.60. The maximum atomic E-state index is 6.15. The first kappa shape index (κ1) is 14.3. The number of hydrogen-bond donors (Lipinski definition) is 1. The average molecular weight is 254 g/mol. The molecule has 0 bridgehead atoms. The second-order valence-electron chi connectivity index (χ2n) is 6.18. The van der Waals surface area contributed by atoms with Gasteiger partial charge in [-0.3, -0.25) is 4.90 Å². The topological polar surface area (TPSA) is 38.5 Å². The van der Waals surface area contributed by atoms with E-state index in [4.69, 9.17) is 10.5 Å². The smallest absolute Gasteiger partial charge is 0.0702 e. The molecule has 3 heteroatoms. The molecule has 106 valence electrons. The van der Waals surface area contributed by atoms with Gasteiger partial charge in [0.2, 0.25) is 0 Å². The minimum Gasteiger partial charge on any atom is -0.377 e. The van der Waals surface area contributed by atoms with Crippen LogP contribution < -0.4 is 5.73 Å². The van der Waals surface area contributed by atoms with Crippen LogP contribution in [-0.4, -0.2) is 42.8 Å². The molecule has 1 saturated heterocycles. The van der Waals surface area contributed by atoms with Crippen LogP contribution in [-0.2, 0) is 4.74 Å². The summed E-state index contributed by atoms with van der Waals surface area (Å²) in [5.41, 5.74) is 6.43. The molecule has 2 fully saturated rings. The predicted molar refractivity (Wildman–Crippen MR) is 75.6 cm³/mol. The van der Waals surface area contributed by atoms with Crippen LogP contribution in [0.4, 0.5) is 0 Å². The molecule has 2 N–H and O–H groups in total. The van der Waals surface area contributed by atoms with Gasteiger partial charge in [0.15, 0.2) is 0 Å². The van der Waals surface area contributed by atoms with Gasteiger partial charge >= 0.3 is 0 Å². The summed E-state index contributed by atoms with van der Waals surface area (Å²) in [4.78, 5) is 2.66. The van der Waals surface area contributed by atoms with E-state index in [9.17, 15) is 0 Å². The van der Waals surface area contributed by atoms with Gasteiger partial charge in [0.05, 0.1) is 6.10 Å². The summed E-state index contributed by atoms with van der Waals surface area (Å²) in [5, 5.41) is 0. The quantitative estimate of drug-likeness (QED) is 0.819. The van der Waals surface area contributed by atoms with Gasteiger partial charge in [-0.2, -0.15) is 0 Å². The van der Waals surface area contributed by atoms with Crippen LogP contribution in [0.15, 0.2) is 0 Å². The van der Waals surface area contributed by atoms with Crippen LogP contribution in [0, 0.1) is 5.92 Å². The molecule has 0 aromatic carbocycles. The van der Waals surface area contributed by atoms with E-state index in [1.54, 1.807) is 0 Å². The maximum Gasteiger partial charge on any atom is 0.0702 e. The van der Waals surface area contributed by atoms with E-state index in [1.807, 2.05) is 0 Å². The van der Waals surface area contributed by atoms with E-state index in [2.05, 4.69) is 18.7 Å². The van der Waals surface area contributed by atoms with Crippen molar-refractivity contribution < 1.29 is 4.74 Å². The average Bonchev–Trinajstić information content (AvgIpc) is 2.79. The summed E-state index contributed by atoms with van der Waals surface area (Å²) in [7, 11) is 0. The van der Waals surface area contributed by atoms with Crippen LogP contribution >= 0.6 is 0 Å². The normalized spacial score (nSPS) is 38.2. The summed E-state index contributed by atoms with van der Waals surface area (Å²) < 4.78 is 5.96. The Morgan fingerprint density at radius 3 is 2.78 bits per heavy atom. The molecule has 0 amide bonds. The first-order valence-corrected chi connectivity index (χ1v) is 7.79. The Morgan fingerprint density at radius 1 is 1.33 bits per heavy atom. The molecular weight excluding hydrogens is 224 g/mol. The van der Waals surface area contributed by atoms with Crippen molar-refractivity contribution in [3.8, 4) is 0 Å². The van der Waals surface area contributed by atoms with Gasteiger partial charge in [0.25, 0.3) is 0 Å². The van der Waals surface area contributed by atoms with Crippen LogP contribution in [0.1, 0.15) is 52.4 Å². The highest BCUT2D eigenvalue weighted by Crippen LogP contribution is 2.40. The van der Waals surface area contributed by atoms with Crippen LogP contribution in [0.5, 0.6) is 0 Å². The van der Waals surface area contributed by atoms with E-state index < -0.39 is 0 Å². The van der Waals surface area contributed by atoms with E-state index in [0.29, 0.717) is 6.10 Å². The first-order chi connectivity index (χ1) is 8.73. The van der Waals surface area contributed by atoms with Crippen molar-refractivity contribution in [2.24, 2.45) is 11.7 Å². The molecular formula is C15H30N2O. The molecule has 1 aliphatic carbocycles. The third-order valence-electron chi connectivity index (χ3n) is 5.08. The molecule has 3 atom stereocenters. The SMILES string of the molecule is CCCOC1CCCN(C2(CN)CCCC2C)C1. The lowest BCUT2D eigenvalue weighted by molar-refractivity contribution is -0.0453. The van der Waals surface area contributed by atoms with Crippen molar-refractivity contribution >= 4 is 0 Å². The summed E-state index contributed by atoms with van der Waals surface area (Å²) >= 11 is 0. The van der Waals surface area contributed by atoms with Gasteiger partial charge in [-0.1, -0.05) is 20.3 Å². The zero-order chi connectivity index (χ0) is 13.0. The molecule has 1 saturated carbocycles. The van der Waals surface area contributed by atoms with Gasteiger partial charge in [-0.05, 0) is 44.6 Å². The lowest BCUT2D eigenvalue weighted by Crippen LogP contribution is -2.59. The lowest BCUT2D eigenvalue weighted by Gasteiger charge is -2.47. The molecule has 3 nitrogen and oxygen atoms in total. The van der Waals surface area contributed by atoms with Crippen molar-refractivity contribution in [2.45, 2.75) is 64.0 Å². The Labute approximate surface area is 112 Å². The summed E-state index contributed by atoms with van der Waals surface area (Å²) in [6.07, 6.45) is 8.02. The molecule has 0 aromatic heterocycles. The molecule has 1 heterocycles. The standard InChI is InChI=1S/C15H30N2O/c1-3-10-18-14-7-5-9-17(11-14)15(12-16)8-4-6-13(15)2/h13-14H,3-12,16H2,1-2H3. The molecule has 0 aromatic rings. The van der Waals surface area contributed by atoms with Gasteiger partial charge in [0.1, 0.15) is 0 Å². The van der Waals surface area contributed by atoms with Gasteiger partial charge < -0.3 is 10.5 Å². The zero-order valence-electron chi connectivity index (χ0n) is 12.2. The van der Waals surface area contributed by atoms with Crippen molar-refractivity contribution in [1.82, 2.24) is 4.90 Å². The van der Waals surface area contributed by atoms with Crippen molar-refractivity contribution in [2.75, 3.05) is 26.2 Å².